The Morgan fingerprint density at radius 1 is 1.06 bits per heavy atom. The fourth-order valence-electron chi connectivity index (χ4n) is 3.19. The van der Waals surface area contributed by atoms with Crippen LogP contribution in [0.15, 0.2) is 53.0 Å². The highest BCUT2D eigenvalue weighted by atomic mass is 79.9. The van der Waals surface area contributed by atoms with Crippen molar-refractivity contribution in [2.45, 2.75) is 45.8 Å². The van der Waals surface area contributed by atoms with Crippen LogP contribution in [0.2, 0.25) is 0 Å². The number of hydrogen-bond acceptors (Lipinski definition) is 4. The number of carbonyl (C=O) groups is 2. The van der Waals surface area contributed by atoms with Gasteiger partial charge in [0, 0.05) is 31.2 Å². The van der Waals surface area contributed by atoms with Crippen molar-refractivity contribution in [3.63, 3.8) is 0 Å². The molecule has 2 amide bonds. The molecule has 192 valence electrons. The van der Waals surface area contributed by atoms with Crippen molar-refractivity contribution >= 4 is 43.6 Å². The van der Waals surface area contributed by atoms with Gasteiger partial charge in [-0.2, -0.15) is 12.7 Å². The van der Waals surface area contributed by atoms with Gasteiger partial charge in [-0.25, -0.2) is 8.70 Å². The van der Waals surface area contributed by atoms with Crippen molar-refractivity contribution in [2.75, 3.05) is 24.9 Å². The van der Waals surface area contributed by atoms with Gasteiger partial charge in [0.2, 0.25) is 11.8 Å². The highest BCUT2D eigenvalue weighted by molar-refractivity contribution is 9.10. The van der Waals surface area contributed by atoms with Gasteiger partial charge in [0.15, 0.2) is 0 Å². The van der Waals surface area contributed by atoms with Gasteiger partial charge in [0.1, 0.15) is 18.4 Å². The van der Waals surface area contributed by atoms with Crippen LogP contribution in [0.5, 0.6) is 0 Å². The molecular formula is C24H32BrFN4O4S. The predicted octanol–water partition coefficient (Wildman–Crippen LogP) is 3.53. The average Bonchev–Trinajstić information content (AvgIpc) is 2.81. The standard InChI is InChI=1S/C24H32BrFN4O4S/c1-6-17(2)27-24(32)18(3)29(15-19-11-13-20(25)14-12-19)23(31)16-30(35(33,34)28(4)5)22-10-8-7-9-21(22)26/h7-14,17-18H,6,15-16H2,1-5H3,(H,27,32)/t17-,18-/m0/s1. The van der Waals surface area contributed by atoms with Crippen LogP contribution in [0, 0.1) is 5.82 Å². The highest BCUT2D eigenvalue weighted by Crippen LogP contribution is 2.24. The third-order valence-corrected chi connectivity index (χ3v) is 7.91. The minimum absolute atomic E-state index is 0.0638. The summed E-state index contributed by atoms with van der Waals surface area (Å²) in [6.45, 7) is 4.75. The molecule has 0 spiro atoms. The summed E-state index contributed by atoms with van der Waals surface area (Å²) >= 11 is 3.37. The summed E-state index contributed by atoms with van der Waals surface area (Å²) in [5.41, 5.74) is 0.493. The van der Waals surface area contributed by atoms with Crippen molar-refractivity contribution in [3.05, 3.63) is 64.4 Å². The van der Waals surface area contributed by atoms with Crippen molar-refractivity contribution in [3.8, 4) is 0 Å². The van der Waals surface area contributed by atoms with E-state index in [9.17, 15) is 22.4 Å². The number of nitrogens with one attached hydrogen (secondary N) is 1. The number of nitrogens with zero attached hydrogens (tertiary/aromatic N) is 3. The normalized spacial score (nSPS) is 13.3. The highest BCUT2D eigenvalue weighted by Gasteiger charge is 2.33. The van der Waals surface area contributed by atoms with E-state index >= 15 is 0 Å². The molecule has 8 nitrogen and oxygen atoms in total. The van der Waals surface area contributed by atoms with E-state index in [0.717, 1.165) is 24.7 Å². The first-order chi connectivity index (χ1) is 16.4. The van der Waals surface area contributed by atoms with Crippen molar-refractivity contribution < 1.29 is 22.4 Å². The van der Waals surface area contributed by atoms with Crippen molar-refractivity contribution in [1.82, 2.24) is 14.5 Å². The molecule has 2 atom stereocenters. The Bertz CT molecular complexity index is 1130. The van der Waals surface area contributed by atoms with E-state index in [1.807, 2.05) is 26.0 Å². The summed E-state index contributed by atoms with van der Waals surface area (Å²) in [6, 6.07) is 11.6. The lowest BCUT2D eigenvalue weighted by atomic mass is 10.1. The summed E-state index contributed by atoms with van der Waals surface area (Å²) in [5, 5.41) is 2.86. The third-order valence-electron chi connectivity index (χ3n) is 5.57. The van der Waals surface area contributed by atoms with E-state index in [-0.39, 0.29) is 24.2 Å². The predicted molar refractivity (Wildman–Crippen MR) is 138 cm³/mol. The van der Waals surface area contributed by atoms with Crippen LogP contribution in [-0.4, -0.2) is 62.2 Å². The van der Waals surface area contributed by atoms with Gasteiger partial charge >= 0.3 is 10.2 Å². The van der Waals surface area contributed by atoms with E-state index in [4.69, 9.17) is 0 Å². The van der Waals surface area contributed by atoms with E-state index in [1.165, 1.54) is 37.2 Å². The quantitative estimate of drug-likeness (QED) is 0.447. The maximum atomic E-state index is 14.6. The second kappa shape index (κ2) is 12.5. The van der Waals surface area contributed by atoms with Crippen LogP contribution >= 0.6 is 15.9 Å². The zero-order chi connectivity index (χ0) is 26.3. The minimum Gasteiger partial charge on any atom is -0.352 e. The van der Waals surface area contributed by atoms with Crippen LogP contribution in [0.1, 0.15) is 32.8 Å². The van der Waals surface area contributed by atoms with Crippen molar-refractivity contribution in [2.24, 2.45) is 0 Å². The van der Waals surface area contributed by atoms with Gasteiger partial charge in [0.25, 0.3) is 0 Å². The molecule has 0 aromatic heterocycles. The molecule has 0 heterocycles. The Morgan fingerprint density at radius 3 is 2.20 bits per heavy atom. The van der Waals surface area contributed by atoms with Gasteiger partial charge < -0.3 is 10.2 Å². The first kappa shape index (κ1) is 28.7. The Balaban J connectivity index is 2.46. The molecule has 0 saturated heterocycles. The zero-order valence-corrected chi connectivity index (χ0v) is 22.9. The summed E-state index contributed by atoms with van der Waals surface area (Å²) in [4.78, 5) is 27.8. The van der Waals surface area contributed by atoms with Crippen LogP contribution in [-0.2, 0) is 26.3 Å². The van der Waals surface area contributed by atoms with E-state index in [2.05, 4.69) is 21.2 Å². The van der Waals surface area contributed by atoms with Gasteiger partial charge in [-0.05, 0) is 50.1 Å². The molecule has 0 aliphatic rings. The molecule has 1 N–H and O–H groups in total. The Hall–Kier alpha value is -2.50. The average molecular weight is 572 g/mol. The van der Waals surface area contributed by atoms with Crippen LogP contribution in [0.3, 0.4) is 0 Å². The van der Waals surface area contributed by atoms with Crippen LogP contribution in [0.25, 0.3) is 0 Å². The fourth-order valence-corrected chi connectivity index (χ4v) is 4.52. The second-order valence-corrected chi connectivity index (χ2v) is 11.4. The molecule has 0 saturated carbocycles. The van der Waals surface area contributed by atoms with Gasteiger partial charge in [-0.3, -0.25) is 9.59 Å². The SMILES string of the molecule is CC[C@H](C)NC(=O)[C@H](C)N(Cc1ccc(Br)cc1)C(=O)CN(c1ccccc1F)S(=O)(=O)N(C)C. The number of rotatable bonds is 11. The van der Waals surface area contributed by atoms with E-state index in [0.29, 0.717) is 6.42 Å². The Kier molecular flexibility index (Phi) is 10.2. The number of amides is 2. The minimum atomic E-state index is -4.22. The summed E-state index contributed by atoms with van der Waals surface area (Å²) < 4.78 is 43.2. The van der Waals surface area contributed by atoms with Crippen molar-refractivity contribution in [1.29, 1.82) is 0 Å². The molecule has 0 fully saturated rings. The monoisotopic (exact) mass is 570 g/mol. The number of carbonyl (C=O) groups excluding carboxylic acids is 2. The molecule has 0 aliphatic heterocycles. The Labute approximate surface area is 215 Å². The molecule has 0 radical (unpaired) electrons. The lowest BCUT2D eigenvalue weighted by Gasteiger charge is -2.33. The molecule has 2 aromatic carbocycles. The molecule has 35 heavy (non-hydrogen) atoms. The van der Waals surface area contributed by atoms with Crippen LogP contribution in [0.4, 0.5) is 10.1 Å². The lowest BCUT2D eigenvalue weighted by molar-refractivity contribution is -0.139. The van der Waals surface area contributed by atoms with Crippen LogP contribution < -0.4 is 9.62 Å². The first-order valence-corrected chi connectivity index (χ1v) is 13.4. The topological polar surface area (TPSA) is 90.0 Å². The summed E-state index contributed by atoms with van der Waals surface area (Å²) in [6.07, 6.45) is 0.710. The number of hydrogen-bond donors (Lipinski definition) is 1. The molecule has 2 rings (SSSR count). The lowest BCUT2D eigenvalue weighted by Crippen LogP contribution is -2.53. The fraction of sp³-hybridized carbons (Fsp3) is 0.417. The molecule has 0 unspecified atom stereocenters. The molecule has 11 heteroatoms. The third kappa shape index (κ3) is 7.49. The van der Waals surface area contributed by atoms with E-state index < -0.39 is 34.5 Å². The van der Waals surface area contributed by atoms with Gasteiger partial charge in [0.05, 0.1) is 5.69 Å². The van der Waals surface area contributed by atoms with Gasteiger partial charge in [-0.1, -0.05) is 47.1 Å². The maximum absolute atomic E-state index is 14.6. The largest absolute Gasteiger partial charge is 0.352 e. The molecular weight excluding hydrogens is 539 g/mol. The first-order valence-electron chi connectivity index (χ1n) is 11.2. The molecule has 0 aliphatic carbocycles. The smallest absolute Gasteiger partial charge is 0.304 e. The zero-order valence-electron chi connectivity index (χ0n) is 20.5. The van der Waals surface area contributed by atoms with Gasteiger partial charge in [-0.15, -0.1) is 0 Å². The maximum Gasteiger partial charge on any atom is 0.304 e. The molecule has 2 aromatic rings. The molecule has 0 bridgehead atoms. The summed E-state index contributed by atoms with van der Waals surface area (Å²) in [7, 11) is -1.62. The number of benzene rings is 2. The van der Waals surface area contributed by atoms with E-state index in [1.54, 1.807) is 19.1 Å². The number of halogens is 2. The number of para-hydroxylation sites is 1. The summed E-state index contributed by atoms with van der Waals surface area (Å²) in [5.74, 6) is -1.79. The number of anilines is 1. The Morgan fingerprint density at radius 2 is 1.66 bits per heavy atom. The second-order valence-electron chi connectivity index (χ2n) is 8.39.